The number of methoxy groups -OCH3 is 1. The number of anilines is 1. The molecule has 0 atom stereocenters. The van der Waals surface area contributed by atoms with Gasteiger partial charge in [0.15, 0.2) is 0 Å². The van der Waals surface area contributed by atoms with Gasteiger partial charge in [0.25, 0.3) is 11.8 Å². The van der Waals surface area contributed by atoms with Crippen molar-refractivity contribution in [3.63, 3.8) is 0 Å². The Kier molecular flexibility index (Phi) is 8.61. The van der Waals surface area contributed by atoms with Gasteiger partial charge in [0.2, 0.25) is 0 Å². The Morgan fingerprint density at radius 3 is 2.33 bits per heavy atom. The van der Waals surface area contributed by atoms with Crippen LogP contribution in [0.15, 0.2) is 54.6 Å². The van der Waals surface area contributed by atoms with Crippen molar-refractivity contribution in [1.29, 1.82) is 0 Å². The van der Waals surface area contributed by atoms with Crippen LogP contribution in [0.1, 0.15) is 56.7 Å². The number of amides is 2. The summed E-state index contributed by atoms with van der Waals surface area (Å²) >= 11 is 1.08. The minimum absolute atomic E-state index is 0.177. The summed E-state index contributed by atoms with van der Waals surface area (Å²) in [6, 6.07) is 16.6. The number of carbonyl (C=O) groups is 3. The number of hydrogen-bond donors (Lipinski definition) is 1. The van der Waals surface area contributed by atoms with E-state index in [0.717, 1.165) is 22.6 Å². The molecule has 4 rings (SSSR count). The predicted molar refractivity (Wildman–Crippen MR) is 154 cm³/mol. The number of nitrogens with zero attached hydrogens (tertiary/aromatic N) is 2. The predicted octanol–water partition coefficient (Wildman–Crippen LogP) is 6.19. The molecule has 2 amide bonds. The number of nitrogens with one attached hydrogen (secondary N) is 1. The number of para-hydroxylation sites is 1. The van der Waals surface area contributed by atoms with E-state index >= 15 is 0 Å². The average molecular weight is 546 g/mol. The number of ether oxygens (including phenoxy) is 2. The number of thiophene rings is 1. The first-order valence-electron chi connectivity index (χ1n) is 12.8. The fourth-order valence-corrected chi connectivity index (χ4v) is 5.54. The number of carbonyl (C=O) groups excluding carboxylic acids is 3. The summed E-state index contributed by atoms with van der Waals surface area (Å²) in [5.74, 6) is -0.486. The van der Waals surface area contributed by atoms with Crippen LogP contribution < -0.4 is 10.1 Å². The van der Waals surface area contributed by atoms with Crippen molar-refractivity contribution in [2.45, 2.75) is 27.7 Å². The molecule has 0 aliphatic heterocycles. The quantitative estimate of drug-likeness (QED) is 0.252. The van der Waals surface area contributed by atoms with Gasteiger partial charge in [0, 0.05) is 24.0 Å². The number of benzene rings is 2. The van der Waals surface area contributed by atoms with Gasteiger partial charge in [-0.3, -0.25) is 9.59 Å². The molecule has 39 heavy (non-hydrogen) atoms. The van der Waals surface area contributed by atoms with E-state index in [4.69, 9.17) is 14.5 Å². The van der Waals surface area contributed by atoms with E-state index in [1.165, 1.54) is 7.11 Å². The molecule has 2 heterocycles. The van der Waals surface area contributed by atoms with Crippen LogP contribution in [0.4, 0.5) is 5.00 Å². The largest absolute Gasteiger partial charge is 0.494 e. The van der Waals surface area contributed by atoms with Crippen LogP contribution >= 0.6 is 11.3 Å². The summed E-state index contributed by atoms with van der Waals surface area (Å²) in [6.45, 7) is 9.03. The second-order valence-electron chi connectivity index (χ2n) is 8.71. The maximum atomic E-state index is 13.8. The number of esters is 1. The summed E-state index contributed by atoms with van der Waals surface area (Å²) in [5, 5.41) is 3.82. The van der Waals surface area contributed by atoms with Gasteiger partial charge in [-0.25, -0.2) is 9.78 Å². The van der Waals surface area contributed by atoms with Crippen molar-refractivity contribution in [3.8, 4) is 17.0 Å². The molecular formula is C30H31N3O5S. The minimum atomic E-state index is -0.618. The lowest BCUT2D eigenvalue weighted by Gasteiger charge is -2.17. The van der Waals surface area contributed by atoms with Crippen LogP contribution in [-0.2, 0) is 4.74 Å². The number of hydrogen-bond acceptors (Lipinski definition) is 7. The molecule has 0 unspecified atom stereocenters. The summed E-state index contributed by atoms with van der Waals surface area (Å²) < 4.78 is 10.5. The van der Waals surface area contributed by atoms with Crippen molar-refractivity contribution in [1.82, 2.24) is 9.88 Å². The fraction of sp³-hybridized carbons (Fsp3) is 0.267. The van der Waals surface area contributed by atoms with E-state index in [0.29, 0.717) is 52.3 Å². The van der Waals surface area contributed by atoms with Crippen LogP contribution in [0.3, 0.4) is 0 Å². The molecular weight excluding hydrogens is 514 g/mol. The second kappa shape index (κ2) is 12.1. The lowest BCUT2D eigenvalue weighted by Crippen LogP contribution is -2.30. The highest BCUT2D eigenvalue weighted by atomic mass is 32.1. The number of aromatic nitrogens is 1. The molecule has 0 bridgehead atoms. The first-order chi connectivity index (χ1) is 18.8. The van der Waals surface area contributed by atoms with Crippen LogP contribution in [0.5, 0.6) is 5.75 Å². The molecule has 2 aromatic heterocycles. The first-order valence-corrected chi connectivity index (χ1v) is 13.6. The van der Waals surface area contributed by atoms with Gasteiger partial charge in [-0.1, -0.05) is 18.2 Å². The van der Waals surface area contributed by atoms with Crippen LogP contribution in [-0.4, -0.2) is 54.5 Å². The lowest BCUT2D eigenvalue weighted by molar-refractivity contribution is 0.0601. The molecule has 0 aliphatic carbocycles. The van der Waals surface area contributed by atoms with Gasteiger partial charge in [0.05, 0.1) is 40.9 Å². The molecule has 8 nitrogen and oxygen atoms in total. The third-order valence-corrected chi connectivity index (χ3v) is 7.63. The Morgan fingerprint density at radius 1 is 1.00 bits per heavy atom. The summed E-state index contributed by atoms with van der Waals surface area (Å²) in [5.41, 5.74) is 3.15. The molecule has 2 aromatic carbocycles. The normalized spacial score (nSPS) is 10.8. The molecule has 0 saturated heterocycles. The zero-order chi connectivity index (χ0) is 28.1. The van der Waals surface area contributed by atoms with Gasteiger partial charge in [0.1, 0.15) is 10.8 Å². The topological polar surface area (TPSA) is 97.8 Å². The highest BCUT2D eigenvalue weighted by Crippen LogP contribution is 2.35. The van der Waals surface area contributed by atoms with Gasteiger partial charge in [-0.15, -0.1) is 11.3 Å². The van der Waals surface area contributed by atoms with Crippen molar-refractivity contribution >= 4 is 45.0 Å². The van der Waals surface area contributed by atoms with E-state index < -0.39 is 11.9 Å². The van der Waals surface area contributed by atoms with Crippen molar-refractivity contribution in [2.75, 3.05) is 32.1 Å². The zero-order valence-corrected chi connectivity index (χ0v) is 23.5. The fourth-order valence-electron chi connectivity index (χ4n) is 4.38. The van der Waals surface area contributed by atoms with E-state index in [1.54, 1.807) is 17.9 Å². The highest BCUT2D eigenvalue weighted by molar-refractivity contribution is 7.18. The molecule has 9 heteroatoms. The van der Waals surface area contributed by atoms with E-state index in [9.17, 15) is 14.4 Å². The smallest absolute Gasteiger partial charge is 0.341 e. The van der Waals surface area contributed by atoms with Crippen molar-refractivity contribution in [3.05, 3.63) is 76.2 Å². The Balaban J connectivity index is 1.78. The summed E-state index contributed by atoms with van der Waals surface area (Å²) in [7, 11) is 1.27. The highest BCUT2D eigenvalue weighted by Gasteiger charge is 2.28. The standard InChI is InChI=1S/C30H31N3O5S/c1-6-33(7-2)29(35)26-18(4)25(30(36)37-5)28(39-26)32-27(34)22-17-24(31-23-12-10-9-11-21(22)23)19-13-15-20(16-14-19)38-8-3/h9-17H,6-8H2,1-5H3,(H,32,34). The third kappa shape index (κ3) is 5.63. The summed E-state index contributed by atoms with van der Waals surface area (Å²) in [6.07, 6.45) is 0. The van der Waals surface area contributed by atoms with Gasteiger partial charge in [-0.2, -0.15) is 0 Å². The Hall–Kier alpha value is -4.24. The SMILES string of the molecule is CCOc1ccc(-c2cc(C(=O)Nc3sc(C(=O)N(CC)CC)c(C)c3C(=O)OC)c3ccccc3n2)cc1. The van der Waals surface area contributed by atoms with Crippen LogP contribution in [0.2, 0.25) is 0 Å². The van der Waals surface area contributed by atoms with Gasteiger partial charge in [-0.05, 0) is 69.7 Å². The number of fused-ring (bicyclic) bond motifs is 1. The first kappa shape index (κ1) is 27.8. The Morgan fingerprint density at radius 2 is 1.69 bits per heavy atom. The maximum absolute atomic E-state index is 13.8. The lowest BCUT2D eigenvalue weighted by atomic mass is 10.0. The average Bonchev–Trinajstić information content (AvgIpc) is 3.28. The number of rotatable bonds is 9. The third-order valence-electron chi connectivity index (χ3n) is 6.43. The number of pyridine rings is 1. The molecule has 1 N–H and O–H groups in total. The maximum Gasteiger partial charge on any atom is 0.341 e. The molecule has 4 aromatic rings. The Bertz CT molecular complexity index is 1520. The summed E-state index contributed by atoms with van der Waals surface area (Å²) in [4.78, 5) is 46.5. The molecule has 0 fully saturated rings. The van der Waals surface area contributed by atoms with Gasteiger partial charge >= 0.3 is 5.97 Å². The van der Waals surface area contributed by atoms with E-state index in [1.807, 2.05) is 69.3 Å². The van der Waals surface area contributed by atoms with Gasteiger partial charge < -0.3 is 19.7 Å². The van der Waals surface area contributed by atoms with Crippen molar-refractivity contribution < 1.29 is 23.9 Å². The molecule has 0 spiro atoms. The van der Waals surface area contributed by atoms with Crippen LogP contribution in [0.25, 0.3) is 22.2 Å². The monoisotopic (exact) mass is 545 g/mol. The second-order valence-corrected chi connectivity index (χ2v) is 9.73. The zero-order valence-electron chi connectivity index (χ0n) is 22.7. The molecule has 0 radical (unpaired) electrons. The van der Waals surface area contributed by atoms with E-state index in [2.05, 4.69) is 5.32 Å². The molecule has 0 aliphatic rings. The van der Waals surface area contributed by atoms with Crippen LogP contribution in [0, 0.1) is 6.92 Å². The minimum Gasteiger partial charge on any atom is -0.494 e. The van der Waals surface area contributed by atoms with Crippen molar-refractivity contribution in [2.24, 2.45) is 0 Å². The van der Waals surface area contributed by atoms with E-state index in [-0.39, 0.29) is 16.5 Å². The Labute approximate surface area is 231 Å². The molecule has 202 valence electrons. The molecule has 0 saturated carbocycles.